The second-order valence-corrected chi connectivity index (χ2v) is 3.87. The van der Waals surface area contributed by atoms with Crippen molar-refractivity contribution in [3.05, 3.63) is 35.9 Å². The molecule has 0 heterocycles. The molecule has 0 unspecified atom stereocenters. The number of aliphatic carboxylic acids is 1. The van der Waals surface area contributed by atoms with Gasteiger partial charge in [0, 0.05) is 5.56 Å². The highest BCUT2D eigenvalue weighted by molar-refractivity contribution is 5.75. The van der Waals surface area contributed by atoms with Gasteiger partial charge < -0.3 is 5.11 Å². The van der Waals surface area contributed by atoms with E-state index >= 15 is 0 Å². The second kappa shape index (κ2) is 3.61. The molecule has 0 saturated carbocycles. The molecule has 0 fully saturated rings. The first-order valence-corrected chi connectivity index (χ1v) is 4.47. The number of benzene rings is 1. The van der Waals surface area contributed by atoms with Crippen molar-refractivity contribution in [2.45, 2.75) is 19.8 Å². The van der Waals surface area contributed by atoms with Crippen molar-refractivity contribution in [2.75, 3.05) is 0 Å². The first-order valence-electron chi connectivity index (χ1n) is 4.47. The van der Waals surface area contributed by atoms with Gasteiger partial charge in [-0.1, -0.05) is 30.3 Å². The molecule has 0 saturated heterocycles. The minimum atomic E-state index is -3.39. The molecular formula is C11H12F2O2. The Hall–Kier alpha value is -1.45. The van der Waals surface area contributed by atoms with E-state index in [1.807, 2.05) is 0 Å². The fourth-order valence-corrected chi connectivity index (χ4v) is 1.14. The summed E-state index contributed by atoms with van der Waals surface area (Å²) in [5, 5.41) is 8.76. The van der Waals surface area contributed by atoms with Crippen LogP contribution in [0.15, 0.2) is 30.3 Å². The van der Waals surface area contributed by atoms with Crippen LogP contribution in [0.1, 0.15) is 19.4 Å². The zero-order valence-electron chi connectivity index (χ0n) is 8.50. The molecule has 0 aliphatic rings. The maximum absolute atomic E-state index is 13.8. The molecule has 2 nitrogen and oxygen atoms in total. The van der Waals surface area contributed by atoms with Crippen LogP contribution in [0, 0.1) is 5.41 Å². The van der Waals surface area contributed by atoms with Crippen LogP contribution in [-0.2, 0) is 10.7 Å². The van der Waals surface area contributed by atoms with Crippen LogP contribution in [0.2, 0.25) is 0 Å². The molecule has 1 aromatic carbocycles. The third-order valence-electron chi connectivity index (χ3n) is 2.46. The zero-order valence-corrected chi connectivity index (χ0v) is 8.50. The summed E-state index contributed by atoms with van der Waals surface area (Å²) in [6, 6.07) is 6.98. The van der Waals surface area contributed by atoms with Crippen LogP contribution in [0.25, 0.3) is 0 Å². The van der Waals surface area contributed by atoms with E-state index in [0.29, 0.717) is 0 Å². The van der Waals surface area contributed by atoms with Gasteiger partial charge in [-0.05, 0) is 13.8 Å². The van der Waals surface area contributed by atoms with E-state index in [2.05, 4.69) is 0 Å². The zero-order chi connectivity index (χ0) is 11.7. The molecular weight excluding hydrogens is 202 g/mol. The maximum Gasteiger partial charge on any atom is 0.315 e. The summed E-state index contributed by atoms with van der Waals surface area (Å²) in [5.74, 6) is -4.91. The highest BCUT2D eigenvalue weighted by Gasteiger charge is 2.53. The number of carboxylic acid groups (broad SMARTS) is 1. The van der Waals surface area contributed by atoms with Gasteiger partial charge in [-0.25, -0.2) is 8.78 Å². The molecule has 0 bridgehead atoms. The number of rotatable bonds is 3. The van der Waals surface area contributed by atoms with Gasteiger partial charge in [0.15, 0.2) is 0 Å². The summed E-state index contributed by atoms with van der Waals surface area (Å²) in [6.07, 6.45) is 0. The Morgan fingerprint density at radius 2 is 1.67 bits per heavy atom. The predicted octanol–water partition coefficient (Wildman–Crippen LogP) is 2.89. The van der Waals surface area contributed by atoms with Gasteiger partial charge in [-0.15, -0.1) is 0 Å². The first-order chi connectivity index (χ1) is 6.80. The maximum atomic E-state index is 13.8. The molecule has 0 aromatic heterocycles. The number of alkyl halides is 2. The van der Waals surface area contributed by atoms with E-state index in [-0.39, 0.29) is 5.56 Å². The van der Waals surface area contributed by atoms with Crippen molar-refractivity contribution in [3.8, 4) is 0 Å². The Morgan fingerprint density at radius 3 is 2.07 bits per heavy atom. The van der Waals surface area contributed by atoms with Crippen molar-refractivity contribution >= 4 is 5.97 Å². The van der Waals surface area contributed by atoms with Crippen molar-refractivity contribution in [2.24, 2.45) is 5.41 Å². The van der Waals surface area contributed by atoms with E-state index in [1.165, 1.54) is 24.3 Å². The van der Waals surface area contributed by atoms with Crippen LogP contribution in [0.5, 0.6) is 0 Å². The Labute approximate surface area is 86.5 Å². The topological polar surface area (TPSA) is 37.3 Å². The highest BCUT2D eigenvalue weighted by atomic mass is 19.3. The highest BCUT2D eigenvalue weighted by Crippen LogP contribution is 2.44. The summed E-state index contributed by atoms with van der Waals surface area (Å²) in [5.41, 5.74) is -2.40. The minimum absolute atomic E-state index is 0.280. The SMILES string of the molecule is CC(C)(C(=O)O)C(F)(F)c1ccccc1. The van der Waals surface area contributed by atoms with Crippen LogP contribution in [0.3, 0.4) is 0 Å². The fourth-order valence-electron chi connectivity index (χ4n) is 1.14. The molecule has 0 aliphatic heterocycles. The van der Waals surface area contributed by atoms with Gasteiger partial charge in [0.25, 0.3) is 5.92 Å². The number of hydrogen-bond acceptors (Lipinski definition) is 1. The van der Waals surface area contributed by atoms with Gasteiger partial charge in [-0.2, -0.15) is 0 Å². The van der Waals surface area contributed by atoms with E-state index in [1.54, 1.807) is 6.07 Å². The third-order valence-corrected chi connectivity index (χ3v) is 2.46. The Morgan fingerprint density at radius 1 is 1.20 bits per heavy atom. The standard InChI is InChI=1S/C11H12F2O2/c1-10(2,9(14)15)11(12,13)8-6-4-3-5-7-8/h3-7H,1-2H3,(H,14,15). The summed E-state index contributed by atoms with van der Waals surface area (Å²) < 4.78 is 27.6. The van der Waals surface area contributed by atoms with E-state index in [0.717, 1.165) is 13.8 Å². The normalized spacial score (nSPS) is 12.5. The van der Waals surface area contributed by atoms with Crippen molar-refractivity contribution in [1.29, 1.82) is 0 Å². The molecule has 1 rings (SSSR count). The third kappa shape index (κ3) is 1.84. The van der Waals surface area contributed by atoms with Crippen LogP contribution >= 0.6 is 0 Å². The molecule has 0 radical (unpaired) electrons. The van der Waals surface area contributed by atoms with Crippen LogP contribution in [-0.4, -0.2) is 11.1 Å². The van der Waals surface area contributed by atoms with Crippen LogP contribution in [0.4, 0.5) is 8.78 Å². The van der Waals surface area contributed by atoms with Crippen molar-refractivity contribution in [1.82, 2.24) is 0 Å². The first kappa shape index (κ1) is 11.6. The number of carboxylic acids is 1. The van der Waals surface area contributed by atoms with Gasteiger partial charge in [0.2, 0.25) is 0 Å². The summed E-state index contributed by atoms with van der Waals surface area (Å²) in [6.45, 7) is 2.03. The quantitative estimate of drug-likeness (QED) is 0.839. The molecule has 0 spiro atoms. The van der Waals surface area contributed by atoms with Crippen molar-refractivity contribution < 1.29 is 18.7 Å². The largest absolute Gasteiger partial charge is 0.481 e. The molecule has 82 valence electrons. The van der Waals surface area contributed by atoms with Gasteiger partial charge in [0.1, 0.15) is 5.41 Å². The molecule has 0 aliphatic carbocycles. The van der Waals surface area contributed by atoms with E-state index in [4.69, 9.17) is 5.11 Å². The number of carbonyl (C=O) groups is 1. The average Bonchev–Trinajstić information content (AvgIpc) is 2.18. The monoisotopic (exact) mass is 214 g/mol. The Bertz CT molecular complexity index is 358. The van der Waals surface area contributed by atoms with E-state index < -0.39 is 17.3 Å². The summed E-state index contributed by atoms with van der Waals surface area (Å²) >= 11 is 0. The lowest BCUT2D eigenvalue weighted by molar-refractivity contribution is -0.175. The Balaban J connectivity index is 3.19. The summed E-state index contributed by atoms with van der Waals surface area (Å²) in [7, 11) is 0. The molecule has 0 atom stereocenters. The lowest BCUT2D eigenvalue weighted by Crippen LogP contribution is -2.40. The van der Waals surface area contributed by atoms with Gasteiger partial charge in [-0.3, -0.25) is 4.79 Å². The van der Waals surface area contributed by atoms with Gasteiger partial charge >= 0.3 is 5.97 Å². The lowest BCUT2D eigenvalue weighted by atomic mass is 9.82. The minimum Gasteiger partial charge on any atom is -0.481 e. The smallest absolute Gasteiger partial charge is 0.315 e. The number of hydrogen-bond donors (Lipinski definition) is 1. The summed E-state index contributed by atoms with van der Waals surface area (Å²) in [4.78, 5) is 10.8. The predicted molar refractivity (Wildman–Crippen MR) is 51.8 cm³/mol. The average molecular weight is 214 g/mol. The second-order valence-electron chi connectivity index (χ2n) is 3.87. The molecule has 15 heavy (non-hydrogen) atoms. The Kier molecular flexibility index (Phi) is 2.79. The van der Waals surface area contributed by atoms with Crippen molar-refractivity contribution in [3.63, 3.8) is 0 Å². The molecule has 1 aromatic rings. The molecule has 0 amide bonds. The fraction of sp³-hybridized carbons (Fsp3) is 0.364. The van der Waals surface area contributed by atoms with Crippen LogP contribution < -0.4 is 0 Å². The van der Waals surface area contributed by atoms with Gasteiger partial charge in [0.05, 0.1) is 0 Å². The van der Waals surface area contributed by atoms with E-state index in [9.17, 15) is 13.6 Å². The number of halogens is 2. The molecule has 1 N–H and O–H groups in total. The molecule has 4 heteroatoms. The lowest BCUT2D eigenvalue weighted by Gasteiger charge is -2.30.